The maximum Gasteiger partial charge on any atom is 0.239 e. The molecule has 182 valence electrons. The minimum absolute atomic E-state index is 0.0212. The third-order valence-corrected chi connectivity index (χ3v) is 6.59. The van der Waals surface area contributed by atoms with Gasteiger partial charge in [-0.3, -0.25) is 9.29 Å². The van der Waals surface area contributed by atoms with Crippen LogP contribution >= 0.6 is 11.9 Å². The zero-order valence-corrected chi connectivity index (χ0v) is 20.2. The van der Waals surface area contributed by atoms with Gasteiger partial charge in [-0.1, -0.05) is 19.9 Å². The van der Waals surface area contributed by atoms with E-state index >= 15 is 0 Å². The first-order chi connectivity index (χ1) is 16.5. The smallest absolute Gasteiger partial charge is 0.239 e. The molecule has 4 rings (SSSR count). The van der Waals surface area contributed by atoms with E-state index in [1.165, 1.54) is 24.3 Å². The number of hydrogen-bond donors (Lipinski definition) is 1. The molecule has 3 unspecified atom stereocenters. The SMILES string of the molecule is COc1cccc(OC)c1-n1c(NSC(C)C(C)c2ncc(F)cn2)nnc1C1COCCO1. The van der Waals surface area contributed by atoms with Gasteiger partial charge < -0.3 is 18.9 Å². The first-order valence-electron chi connectivity index (χ1n) is 10.8. The van der Waals surface area contributed by atoms with Crippen LogP contribution in [0.25, 0.3) is 5.69 Å². The van der Waals surface area contributed by atoms with E-state index in [4.69, 9.17) is 18.9 Å². The minimum atomic E-state index is -0.463. The van der Waals surface area contributed by atoms with Crippen LogP contribution in [0, 0.1) is 5.82 Å². The number of hydrogen-bond acceptors (Lipinski definition) is 10. The first-order valence-corrected chi connectivity index (χ1v) is 11.7. The maximum absolute atomic E-state index is 13.2. The highest BCUT2D eigenvalue weighted by Crippen LogP contribution is 2.38. The normalized spacial score (nSPS) is 17.7. The number of nitrogens with one attached hydrogen (secondary N) is 1. The molecular formula is C22H27FN6O4S. The fourth-order valence-corrected chi connectivity index (χ4v) is 4.24. The third kappa shape index (κ3) is 5.08. The quantitative estimate of drug-likeness (QED) is 0.448. The van der Waals surface area contributed by atoms with Crippen LogP contribution in [0.4, 0.5) is 10.3 Å². The molecule has 1 fully saturated rings. The zero-order valence-electron chi connectivity index (χ0n) is 19.4. The molecule has 2 aromatic heterocycles. The molecule has 0 aliphatic carbocycles. The van der Waals surface area contributed by atoms with Crippen molar-refractivity contribution in [2.45, 2.75) is 31.1 Å². The summed E-state index contributed by atoms with van der Waals surface area (Å²) < 4.78 is 41.1. The summed E-state index contributed by atoms with van der Waals surface area (Å²) in [6, 6.07) is 5.53. The van der Waals surface area contributed by atoms with Crippen molar-refractivity contribution in [2.75, 3.05) is 38.8 Å². The molecule has 1 saturated heterocycles. The summed E-state index contributed by atoms with van der Waals surface area (Å²) in [5.41, 5.74) is 0.646. The lowest BCUT2D eigenvalue weighted by molar-refractivity contribution is -0.0941. The molecule has 1 aliphatic rings. The molecule has 1 N–H and O–H groups in total. The van der Waals surface area contributed by atoms with E-state index < -0.39 is 11.9 Å². The molecule has 1 aliphatic heterocycles. The van der Waals surface area contributed by atoms with Gasteiger partial charge in [-0.15, -0.1) is 10.2 Å². The predicted octanol–water partition coefficient (Wildman–Crippen LogP) is 3.55. The van der Waals surface area contributed by atoms with Gasteiger partial charge in [0, 0.05) is 11.2 Å². The van der Waals surface area contributed by atoms with E-state index in [2.05, 4.69) is 24.9 Å². The van der Waals surface area contributed by atoms with Crippen molar-refractivity contribution in [3.05, 3.63) is 48.1 Å². The minimum Gasteiger partial charge on any atom is -0.494 e. The second-order valence-corrected chi connectivity index (χ2v) is 8.82. The highest BCUT2D eigenvalue weighted by atomic mass is 32.2. The van der Waals surface area contributed by atoms with E-state index in [0.29, 0.717) is 54.6 Å². The Morgan fingerprint density at radius 2 is 1.82 bits per heavy atom. The average Bonchev–Trinajstić information content (AvgIpc) is 3.30. The first kappa shape index (κ1) is 24.2. The van der Waals surface area contributed by atoms with E-state index in [1.54, 1.807) is 14.2 Å². The Labute approximate surface area is 201 Å². The largest absolute Gasteiger partial charge is 0.494 e. The van der Waals surface area contributed by atoms with Crippen LogP contribution in [0.5, 0.6) is 11.5 Å². The molecule has 34 heavy (non-hydrogen) atoms. The van der Waals surface area contributed by atoms with Gasteiger partial charge in [-0.25, -0.2) is 14.4 Å². The highest BCUT2D eigenvalue weighted by molar-refractivity contribution is 8.01. The number of nitrogens with zero attached hydrogens (tertiary/aromatic N) is 5. The second-order valence-electron chi connectivity index (χ2n) is 7.64. The Morgan fingerprint density at radius 3 is 2.44 bits per heavy atom. The zero-order chi connectivity index (χ0) is 24.1. The van der Waals surface area contributed by atoms with Gasteiger partial charge in [0.15, 0.2) is 11.6 Å². The summed E-state index contributed by atoms with van der Waals surface area (Å²) in [4.78, 5) is 8.21. The number of halogens is 1. The maximum atomic E-state index is 13.2. The number of ether oxygens (including phenoxy) is 4. The molecule has 3 heterocycles. The Hall–Kier alpha value is -2.96. The Balaban J connectivity index is 1.65. The number of para-hydroxylation sites is 1. The van der Waals surface area contributed by atoms with Gasteiger partial charge in [0.2, 0.25) is 5.95 Å². The summed E-state index contributed by atoms with van der Waals surface area (Å²) in [5, 5.41) is 8.82. The number of aromatic nitrogens is 5. The van der Waals surface area contributed by atoms with Crippen molar-refractivity contribution in [1.29, 1.82) is 0 Å². The number of methoxy groups -OCH3 is 2. The molecule has 0 saturated carbocycles. The molecular weight excluding hydrogens is 463 g/mol. The fourth-order valence-electron chi connectivity index (χ4n) is 3.50. The van der Waals surface area contributed by atoms with Crippen molar-refractivity contribution in [1.82, 2.24) is 24.7 Å². The van der Waals surface area contributed by atoms with Crippen LogP contribution < -0.4 is 14.2 Å². The van der Waals surface area contributed by atoms with Crippen LogP contribution in [0.3, 0.4) is 0 Å². The molecule has 3 aromatic rings. The molecule has 0 spiro atoms. The summed E-state index contributed by atoms with van der Waals surface area (Å²) in [6.07, 6.45) is 1.94. The topological polar surface area (TPSA) is 105 Å². The molecule has 10 nitrogen and oxygen atoms in total. The average molecular weight is 491 g/mol. The number of rotatable bonds is 9. The fraction of sp³-hybridized carbons (Fsp3) is 0.455. The molecule has 3 atom stereocenters. The lowest BCUT2D eigenvalue weighted by Gasteiger charge is -2.24. The summed E-state index contributed by atoms with van der Waals surface area (Å²) in [6.45, 7) is 5.37. The summed E-state index contributed by atoms with van der Waals surface area (Å²) in [5.74, 6) is 2.26. The van der Waals surface area contributed by atoms with Gasteiger partial charge in [0.25, 0.3) is 0 Å². The summed E-state index contributed by atoms with van der Waals surface area (Å²) >= 11 is 1.43. The van der Waals surface area contributed by atoms with Crippen molar-refractivity contribution >= 4 is 17.9 Å². The van der Waals surface area contributed by atoms with E-state index in [9.17, 15) is 4.39 Å². The Morgan fingerprint density at radius 1 is 1.12 bits per heavy atom. The number of benzene rings is 1. The standard InChI is InChI=1S/C22H27FN6O4S/c1-13(20-24-10-15(23)11-25-20)14(2)34-28-22-27-26-21(18-12-32-8-9-33-18)29(22)19-16(30-3)6-5-7-17(19)31-4/h5-7,10-11,13-14,18H,8-9,12H2,1-4H3,(H,27,28). The molecule has 0 amide bonds. The van der Waals surface area contributed by atoms with E-state index in [0.717, 1.165) is 0 Å². The van der Waals surface area contributed by atoms with Crippen LogP contribution in [0.1, 0.15) is 37.5 Å². The summed E-state index contributed by atoms with van der Waals surface area (Å²) in [7, 11) is 3.19. The molecule has 0 bridgehead atoms. The van der Waals surface area contributed by atoms with Crippen LogP contribution in [0.15, 0.2) is 30.6 Å². The van der Waals surface area contributed by atoms with Gasteiger partial charge >= 0.3 is 0 Å². The van der Waals surface area contributed by atoms with Gasteiger partial charge in [0.05, 0.1) is 46.4 Å². The van der Waals surface area contributed by atoms with Crippen molar-refractivity contribution in [3.63, 3.8) is 0 Å². The van der Waals surface area contributed by atoms with Crippen LogP contribution in [0.2, 0.25) is 0 Å². The third-order valence-electron chi connectivity index (χ3n) is 5.51. The lowest BCUT2D eigenvalue weighted by atomic mass is 10.1. The molecule has 1 aromatic carbocycles. The lowest BCUT2D eigenvalue weighted by Crippen LogP contribution is -2.25. The van der Waals surface area contributed by atoms with Crippen LogP contribution in [-0.4, -0.2) is 64.0 Å². The highest BCUT2D eigenvalue weighted by Gasteiger charge is 2.29. The monoisotopic (exact) mass is 490 g/mol. The van der Waals surface area contributed by atoms with Crippen LogP contribution in [-0.2, 0) is 9.47 Å². The van der Waals surface area contributed by atoms with Crippen molar-refractivity contribution in [3.8, 4) is 17.2 Å². The second kappa shape index (κ2) is 11.0. The van der Waals surface area contributed by atoms with E-state index in [-0.39, 0.29) is 11.2 Å². The molecule has 0 radical (unpaired) electrons. The number of anilines is 1. The van der Waals surface area contributed by atoms with Crippen molar-refractivity contribution in [2.24, 2.45) is 0 Å². The van der Waals surface area contributed by atoms with Gasteiger partial charge in [0.1, 0.15) is 29.1 Å². The van der Waals surface area contributed by atoms with Gasteiger partial charge in [-0.2, -0.15) is 0 Å². The molecule has 12 heteroatoms. The van der Waals surface area contributed by atoms with Crippen molar-refractivity contribution < 1.29 is 23.3 Å². The van der Waals surface area contributed by atoms with E-state index in [1.807, 2.05) is 36.6 Å². The Bertz CT molecular complexity index is 1070. The predicted molar refractivity (Wildman–Crippen MR) is 125 cm³/mol. The van der Waals surface area contributed by atoms with Gasteiger partial charge in [-0.05, 0) is 24.1 Å². The Kier molecular flexibility index (Phi) is 7.80.